The lowest BCUT2D eigenvalue weighted by Gasteiger charge is -2.28. The molecular formula is C17H28N2O. The highest BCUT2D eigenvalue weighted by molar-refractivity contribution is 5.23. The highest BCUT2D eigenvalue weighted by Crippen LogP contribution is 2.28. The molecule has 3 heteroatoms. The second-order valence-electron chi connectivity index (χ2n) is 5.98. The molecule has 0 aliphatic carbocycles. The van der Waals surface area contributed by atoms with E-state index in [2.05, 4.69) is 43.2 Å². The summed E-state index contributed by atoms with van der Waals surface area (Å²) >= 11 is 0. The van der Waals surface area contributed by atoms with Crippen LogP contribution in [0, 0.1) is 19.8 Å². The van der Waals surface area contributed by atoms with Crippen LogP contribution in [0.5, 0.6) is 0 Å². The molecule has 1 unspecified atom stereocenters. The van der Waals surface area contributed by atoms with Crippen molar-refractivity contribution in [2.75, 3.05) is 19.8 Å². The lowest BCUT2D eigenvalue weighted by atomic mass is 9.89. The van der Waals surface area contributed by atoms with Gasteiger partial charge in [-0.2, -0.15) is 0 Å². The van der Waals surface area contributed by atoms with Crippen molar-refractivity contribution in [2.24, 2.45) is 5.92 Å². The van der Waals surface area contributed by atoms with Crippen molar-refractivity contribution in [1.29, 1.82) is 0 Å². The predicted molar refractivity (Wildman–Crippen MR) is 82.9 cm³/mol. The van der Waals surface area contributed by atoms with Crippen LogP contribution >= 0.6 is 0 Å². The summed E-state index contributed by atoms with van der Waals surface area (Å²) in [6.45, 7) is 9.33. The summed E-state index contributed by atoms with van der Waals surface area (Å²) in [4.78, 5) is 4.50. The number of aryl methyl sites for hydroxylation is 2. The largest absolute Gasteiger partial charge is 0.381 e. The Morgan fingerprint density at radius 1 is 1.25 bits per heavy atom. The number of hydrogen-bond acceptors (Lipinski definition) is 3. The van der Waals surface area contributed by atoms with Gasteiger partial charge in [0.2, 0.25) is 0 Å². The second-order valence-corrected chi connectivity index (χ2v) is 5.98. The molecule has 1 aliphatic heterocycles. The van der Waals surface area contributed by atoms with Gasteiger partial charge in [-0.25, -0.2) is 0 Å². The van der Waals surface area contributed by atoms with Crippen molar-refractivity contribution in [3.8, 4) is 0 Å². The molecular weight excluding hydrogens is 248 g/mol. The molecule has 1 aromatic heterocycles. The molecule has 20 heavy (non-hydrogen) atoms. The molecule has 1 saturated heterocycles. The molecule has 2 rings (SSSR count). The highest BCUT2D eigenvalue weighted by Gasteiger charge is 2.20. The zero-order valence-corrected chi connectivity index (χ0v) is 13.1. The van der Waals surface area contributed by atoms with Gasteiger partial charge in [0.1, 0.15) is 0 Å². The third-order valence-corrected chi connectivity index (χ3v) is 4.06. The normalized spacial score (nSPS) is 18.1. The summed E-state index contributed by atoms with van der Waals surface area (Å²) < 4.78 is 5.48. The predicted octanol–water partition coefficient (Wildman–Crippen LogP) is 3.56. The van der Waals surface area contributed by atoms with Crippen LogP contribution in [-0.4, -0.2) is 24.7 Å². The van der Waals surface area contributed by atoms with E-state index in [4.69, 9.17) is 4.74 Å². The van der Waals surface area contributed by atoms with Gasteiger partial charge in [0.05, 0.1) is 0 Å². The quantitative estimate of drug-likeness (QED) is 0.862. The van der Waals surface area contributed by atoms with Gasteiger partial charge in [-0.05, 0) is 69.7 Å². The van der Waals surface area contributed by atoms with Crippen LogP contribution in [0.4, 0.5) is 0 Å². The first kappa shape index (κ1) is 15.5. The summed E-state index contributed by atoms with van der Waals surface area (Å²) in [5.74, 6) is 0.784. The maximum Gasteiger partial charge on any atom is 0.0468 e. The molecule has 1 aliphatic rings. The van der Waals surface area contributed by atoms with Crippen molar-refractivity contribution in [3.05, 3.63) is 29.1 Å². The Hall–Kier alpha value is -0.930. The van der Waals surface area contributed by atoms with Gasteiger partial charge in [0.25, 0.3) is 0 Å². The Bertz CT molecular complexity index is 393. The van der Waals surface area contributed by atoms with Crippen molar-refractivity contribution < 1.29 is 4.74 Å². The molecule has 3 nitrogen and oxygen atoms in total. The second kappa shape index (κ2) is 7.75. The molecule has 0 aromatic carbocycles. The fourth-order valence-electron chi connectivity index (χ4n) is 3.04. The molecule has 1 atom stereocenters. The molecule has 0 radical (unpaired) electrons. The molecule has 0 spiro atoms. The third kappa shape index (κ3) is 4.57. The van der Waals surface area contributed by atoms with Crippen LogP contribution in [0.15, 0.2) is 12.1 Å². The zero-order valence-electron chi connectivity index (χ0n) is 13.1. The minimum absolute atomic E-state index is 0.457. The smallest absolute Gasteiger partial charge is 0.0468 e. The van der Waals surface area contributed by atoms with E-state index < -0.39 is 0 Å². The van der Waals surface area contributed by atoms with Crippen LogP contribution in [0.25, 0.3) is 0 Å². The standard InChI is InChI=1S/C17H28N2O/c1-4-7-18-17(12-15-5-8-20-9-6-15)16-10-13(2)19-14(3)11-16/h10-11,15,17-18H,4-9,12H2,1-3H3. The maximum absolute atomic E-state index is 5.48. The van der Waals surface area contributed by atoms with Crippen LogP contribution in [0.3, 0.4) is 0 Å². The first-order chi connectivity index (χ1) is 9.69. The van der Waals surface area contributed by atoms with E-state index in [0.29, 0.717) is 6.04 Å². The third-order valence-electron chi connectivity index (χ3n) is 4.06. The number of aromatic nitrogens is 1. The Kier molecular flexibility index (Phi) is 5.99. The average Bonchev–Trinajstić information content (AvgIpc) is 2.43. The van der Waals surface area contributed by atoms with Gasteiger partial charge < -0.3 is 10.1 Å². The summed E-state index contributed by atoms with van der Waals surface area (Å²) in [6, 6.07) is 4.93. The van der Waals surface area contributed by atoms with E-state index >= 15 is 0 Å². The fourth-order valence-corrected chi connectivity index (χ4v) is 3.04. The molecule has 2 heterocycles. The van der Waals surface area contributed by atoms with Gasteiger partial charge in [-0.3, -0.25) is 4.98 Å². The van der Waals surface area contributed by atoms with Gasteiger partial charge in [0.15, 0.2) is 0 Å². The monoisotopic (exact) mass is 276 g/mol. The fraction of sp³-hybridized carbons (Fsp3) is 0.706. The lowest BCUT2D eigenvalue weighted by Crippen LogP contribution is -2.27. The minimum Gasteiger partial charge on any atom is -0.381 e. The lowest BCUT2D eigenvalue weighted by molar-refractivity contribution is 0.0605. The summed E-state index contributed by atoms with van der Waals surface area (Å²) in [6.07, 6.45) is 4.79. The number of ether oxygens (including phenoxy) is 1. The van der Waals surface area contributed by atoms with E-state index in [1.54, 1.807) is 0 Å². The van der Waals surface area contributed by atoms with E-state index in [9.17, 15) is 0 Å². The van der Waals surface area contributed by atoms with Crippen molar-refractivity contribution in [3.63, 3.8) is 0 Å². The summed E-state index contributed by atoms with van der Waals surface area (Å²) in [5.41, 5.74) is 3.64. The summed E-state index contributed by atoms with van der Waals surface area (Å²) in [5, 5.41) is 3.72. The molecule has 0 bridgehead atoms. The Labute approximate surface area is 123 Å². The van der Waals surface area contributed by atoms with Gasteiger partial charge in [0, 0.05) is 30.6 Å². The van der Waals surface area contributed by atoms with Crippen LogP contribution in [-0.2, 0) is 4.74 Å². The van der Waals surface area contributed by atoms with Gasteiger partial charge in [-0.1, -0.05) is 6.92 Å². The molecule has 1 aromatic rings. The number of hydrogen-bond donors (Lipinski definition) is 1. The van der Waals surface area contributed by atoms with E-state index in [1.165, 1.54) is 31.2 Å². The molecule has 1 N–H and O–H groups in total. The Morgan fingerprint density at radius 2 is 1.90 bits per heavy atom. The molecule has 1 fully saturated rings. The van der Waals surface area contributed by atoms with Crippen LogP contribution < -0.4 is 5.32 Å². The number of pyridine rings is 1. The Morgan fingerprint density at radius 3 is 2.50 bits per heavy atom. The highest BCUT2D eigenvalue weighted by atomic mass is 16.5. The zero-order chi connectivity index (χ0) is 14.4. The van der Waals surface area contributed by atoms with E-state index in [-0.39, 0.29) is 0 Å². The van der Waals surface area contributed by atoms with Gasteiger partial charge in [-0.15, -0.1) is 0 Å². The molecule has 112 valence electrons. The first-order valence-electron chi connectivity index (χ1n) is 7.95. The number of rotatable bonds is 6. The van der Waals surface area contributed by atoms with E-state index in [0.717, 1.165) is 37.1 Å². The summed E-state index contributed by atoms with van der Waals surface area (Å²) in [7, 11) is 0. The van der Waals surface area contributed by atoms with Crippen molar-refractivity contribution >= 4 is 0 Å². The van der Waals surface area contributed by atoms with E-state index in [1.807, 2.05) is 0 Å². The van der Waals surface area contributed by atoms with Crippen LogP contribution in [0.1, 0.15) is 55.6 Å². The van der Waals surface area contributed by atoms with Gasteiger partial charge >= 0.3 is 0 Å². The average molecular weight is 276 g/mol. The Balaban J connectivity index is 2.08. The van der Waals surface area contributed by atoms with Crippen molar-refractivity contribution in [2.45, 2.75) is 52.5 Å². The number of nitrogens with zero attached hydrogens (tertiary/aromatic N) is 1. The van der Waals surface area contributed by atoms with Crippen LogP contribution in [0.2, 0.25) is 0 Å². The molecule has 0 amide bonds. The SMILES string of the molecule is CCCNC(CC1CCOCC1)c1cc(C)nc(C)c1. The minimum atomic E-state index is 0.457. The maximum atomic E-state index is 5.48. The topological polar surface area (TPSA) is 34.1 Å². The number of nitrogens with one attached hydrogen (secondary N) is 1. The first-order valence-corrected chi connectivity index (χ1v) is 7.95. The molecule has 0 saturated carbocycles. The van der Waals surface area contributed by atoms with Crippen molar-refractivity contribution in [1.82, 2.24) is 10.3 Å².